The van der Waals surface area contributed by atoms with E-state index in [0.29, 0.717) is 11.9 Å². The third-order valence-electron chi connectivity index (χ3n) is 2.53. The molecule has 1 aromatic rings. The number of hydrogen-bond acceptors (Lipinski definition) is 5. The molecule has 0 aromatic carbocycles. The third kappa shape index (κ3) is 2.36. The summed E-state index contributed by atoms with van der Waals surface area (Å²) in [5.41, 5.74) is 0. The SMILES string of the molecule is COc1cc(N2CCN[C@@H](C)C2)ncn1. The molecule has 2 heterocycles. The minimum atomic E-state index is 0.500. The zero-order valence-corrected chi connectivity index (χ0v) is 9.10. The van der Waals surface area contributed by atoms with Crippen LogP contribution in [-0.4, -0.2) is 42.8 Å². The summed E-state index contributed by atoms with van der Waals surface area (Å²) in [5, 5.41) is 3.39. The number of ether oxygens (including phenoxy) is 1. The molecule has 0 saturated carbocycles. The molecule has 1 saturated heterocycles. The van der Waals surface area contributed by atoms with Crippen LogP contribution < -0.4 is 15.0 Å². The van der Waals surface area contributed by atoms with Crippen molar-refractivity contribution in [1.82, 2.24) is 15.3 Å². The highest BCUT2D eigenvalue weighted by Gasteiger charge is 2.17. The van der Waals surface area contributed by atoms with Crippen LogP contribution >= 0.6 is 0 Å². The first kappa shape index (κ1) is 10.2. The first-order valence-corrected chi connectivity index (χ1v) is 5.14. The zero-order valence-electron chi connectivity index (χ0n) is 9.10. The topological polar surface area (TPSA) is 50.3 Å². The second-order valence-electron chi connectivity index (χ2n) is 3.72. The summed E-state index contributed by atoms with van der Waals surface area (Å²) >= 11 is 0. The highest BCUT2D eigenvalue weighted by atomic mass is 16.5. The quantitative estimate of drug-likeness (QED) is 0.756. The molecule has 0 aliphatic carbocycles. The van der Waals surface area contributed by atoms with Gasteiger partial charge in [-0.2, -0.15) is 0 Å². The summed E-state index contributed by atoms with van der Waals surface area (Å²) in [6, 6.07) is 2.37. The van der Waals surface area contributed by atoms with Crippen LogP contribution in [0.1, 0.15) is 6.92 Å². The molecule has 0 unspecified atom stereocenters. The van der Waals surface area contributed by atoms with Crippen LogP contribution in [0.3, 0.4) is 0 Å². The highest BCUT2D eigenvalue weighted by Crippen LogP contribution is 2.16. The lowest BCUT2D eigenvalue weighted by Crippen LogP contribution is -2.49. The lowest BCUT2D eigenvalue weighted by molar-refractivity contribution is 0.396. The lowest BCUT2D eigenvalue weighted by Gasteiger charge is -2.32. The van der Waals surface area contributed by atoms with E-state index in [2.05, 4.69) is 27.1 Å². The summed E-state index contributed by atoms with van der Waals surface area (Å²) in [7, 11) is 1.62. The predicted molar refractivity (Wildman–Crippen MR) is 58.3 cm³/mol. The van der Waals surface area contributed by atoms with Crippen LogP contribution in [0.15, 0.2) is 12.4 Å². The molecule has 5 heteroatoms. The van der Waals surface area contributed by atoms with Gasteiger partial charge < -0.3 is 15.0 Å². The van der Waals surface area contributed by atoms with Crippen molar-refractivity contribution >= 4 is 5.82 Å². The summed E-state index contributed by atoms with van der Waals surface area (Å²) in [4.78, 5) is 10.5. The van der Waals surface area contributed by atoms with Crippen LogP contribution in [-0.2, 0) is 0 Å². The van der Waals surface area contributed by atoms with Gasteiger partial charge in [0.25, 0.3) is 0 Å². The number of nitrogens with one attached hydrogen (secondary N) is 1. The van der Waals surface area contributed by atoms with Crippen molar-refractivity contribution in [2.24, 2.45) is 0 Å². The van der Waals surface area contributed by atoms with Crippen molar-refractivity contribution in [1.29, 1.82) is 0 Å². The Hall–Kier alpha value is -1.36. The highest BCUT2D eigenvalue weighted by molar-refractivity contribution is 5.41. The smallest absolute Gasteiger partial charge is 0.218 e. The van der Waals surface area contributed by atoms with Crippen LogP contribution in [0.5, 0.6) is 5.88 Å². The fourth-order valence-corrected chi connectivity index (χ4v) is 1.75. The summed E-state index contributed by atoms with van der Waals surface area (Å²) < 4.78 is 5.08. The van der Waals surface area contributed by atoms with Crippen molar-refractivity contribution in [3.8, 4) is 5.88 Å². The largest absolute Gasteiger partial charge is 0.481 e. The fraction of sp³-hybridized carbons (Fsp3) is 0.600. The van der Waals surface area contributed by atoms with Gasteiger partial charge in [-0.05, 0) is 6.92 Å². The Morgan fingerprint density at radius 2 is 2.40 bits per heavy atom. The van der Waals surface area contributed by atoms with E-state index in [4.69, 9.17) is 4.74 Å². The molecule has 0 radical (unpaired) electrons. The molecule has 82 valence electrons. The molecule has 1 N–H and O–H groups in total. The van der Waals surface area contributed by atoms with Gasteiger partial charge in [0.15, 0.2) is 0 Å². The molecule has 1 aliphatic rings. The maximum atomic E-state index is 5.08. The summed E-state index contributed by atoms with van der Waals surface area (Å²) in [5.74, 6) is 1.56. The van der Waals surface area contributed by atoms with Crippen molar-refractivity contribution in [3.05, 3.63) is 12.4 Å². The van der Waals surface area contributed by atoms with Gasteiger partial charge in [0, 0.05) is 31.7 Å². The Labute approximate surface area is 89.5 Å². The Balaban J connectivity index is 2.13. The molecule has 0 spiro atoms. The van der Waals surface area contributed by atoms with Gasteiger partial charge in [-0.25, -0.2) is 9.97 Å². The molecule has 15 heavy (non-hydrogen) atoms. The van der Waals surface area contributed by atoms with E-state index in [0.717, 1.165) is 25.5 Å². The number of nitrogens with zero attached hydrogens (tertiary/aromatic N) is 3. The first-order valence-electron chi connectivity index (χ1n) is 5.14. The summed E-state index contributed by atoms with van der Waals surface area (Å²) in [6.07, 6.45) is 1.54. The van der Waals surface area contributed by atoms with E-state index in [1.165, 1.54) is 0 Å². The Kier molecular flexibility index (Phi) is 3.01. The van der Waals surface area contributed by atoms with Gasteiger partial charge in [0.05, 0.1) is 7.11 Å². The van der Waals surface area contributed by atoms with Gasteiger partial charge in [-0.1, -0.05) is 0 Å². The molecular weight excluding hydrogens is 192 g/mol. The van der Waals surface area contributed by atoms with Crippen molar-refractivity contribution in [3.63, 3.8) is 0 Å². The number of anilines is 1. The number of rotatable bonds is 2. The minimum Gasteiger partial charge on any atom is -0.481 e. The Bertz CT molecular complexity index is 331. The molecule has 0 amide bonds. The average Bonchev–Trinajstić information content (AvgIpc) is 2.29. The van der Waals surface area contributed by atoms with E-state index in [1.54, 1.807) is 13.4 Å². The fourth-order valence-electron chi connectivity index (χ4n) is 1.75. The zero-order chi connectivity index (χ0) is 10.7. The molecule has 2 rings (SSSR count). The standard InChI is InChI=1S/C10H16N4O/c1-8-6-14(4-3-11-8)9-5-10(15-2)13-7-12-9/h5,7-8,11H,3-4,6H2,1-2H3/t8-/m0/s1. The molecule has 1 atom stereocenters. The van der Waals surface area contributed by atoms with E-state index in [-0.39, 0.29) is 0 Å². The van der Waals surface area contributed by atoms with Crippen molar-refractivity contribution in [2.75, 3.05) is 31.6 Å². The van der Waals surface area contributed by atoms with Crippen molar-refractivity contribution < 1.29 is 4.74 Å². The molecule has 5 nitrogen and oxygen atoms in total. The second-order valence-corrected chi connectivity index (χ2v) is 3.72. The monoisotopic (exact) mass is 208 g/mol. The molecule has 1 fully saturated rings. The van der Waals surface area contributed by atoms with E-state index >= 15 is 0 Å². The second kappa shape index (κ2) is 4.44. The van der Waals surface area contributed by atoms with Crippen molar-refractivity contribution in [2.45, 2.75) is 13.0 Å². The molecule has 0 bridgehead atoms. The maximum Gasteiger partial charge on any atom is 0.218 e. The molecular formula is C10H16N4O. The van der Waals surface area contributed by atoms with Gasteiger partial charge in [0.1, 0.15) is 12.1 Å². The lowest BCUT2D eigenvalue weighted by atomic mass is 10.2. The molecule has 1 aliphatic heterocycles. The van der Waals surface area contributed by atoms with Gasteiger partial charge in [0.2, 0.25) is 5.88 Å². The van der Waals surface area contributed by atoms with Gasteiger partial charge in [-0.15, -0.1) is 0 Å². The van der Waals surface area contributed by atoms with Crippen LogP contribution in [0.25, 0.3) is 0 Å². The Morgan fingerprint density at radius 1 is 1.53 bits per heavy atom. The van der Waals surface area contributed by atoms with Gasteiger partial charge in [-0.3, -0.25) is 0 Å². The maximum absolute atomic E-state index is 5.08. The van der Waals surface area contributed by atoms with E-state index in [9.17, 15) is 0 Å². The van der Waals surface area contributed by atoms with E-state index < -0.39 is 0 Å². The number of piperazine rings is 1. The van der Waals surface area contributed by atoms with Crippen LogP contribution in [0.4, 0.5) is 5.82 Å². The summed E-state index contributed by atoms with van der Waals surface area (Å²) in [6.45, 7) is 5.11. The van der Waals surface area contributed by atoms with E-state index in [1.807, 2.05) is 6.07 Å². The first-order chi connectivity index (χ1) is 7.29. The number of methoxy groups -OCH3 is 1. The number of hydrogen-bond donors (Lipinski definition) is 1. The minimum absolute atomic E-state index is 0.500. The molecule has 1 aromatic heterocycles. The Morgan fingerprint density at radius 3 is 3.13 bits per heavy atom. The van der Waals surface area contributed by atoms with Crippen LogP contribution in [0, 0.1) is 0 Å². The van der Waals surface area contributed by atoms with Crippen LogP contribution in [0.2, 0.25) is 0 Å². The number of aromatic nitrogens is 2. The normalized spacial score (nSPS) is 21.5. The predicted octanol–water partition coefficient (Wildman–Crippen LogP) is 0.283. The van der Waals surface area contributed by atoms with Gasteiger partial charge >= 0.3 is 0 Å². The average molecular weight is 208 g/mol. The third-order valence-corrected chi connectivity index (χ3v) is 2.53.